The summed E-state index contributed by atoms with van der Waals surface area (Å²) in [5.74, 6) is 1.31. The molecule has 0 aliphatic rings. The Balaban J connectivity index is 1.81. The van der Waals surface area contributed by atoms with E-state index in [1.165, 1.54) is 13.2 Å². The minimum Gasteiger partial charge on any atom is -0.494 e. The van der Waals surface area contributed by atoms with E-state index in [2.05, 4.69) is 5.32 Å². The number of ether oxygens (including phenoxy) is 3. The summed E-state index contributed by atoms with van der Waals surface area (Å²) in [6.45, 7) is 2.09. The second-order valence-corrected chi connectivity index (χ2v) is 9.90. The maximum atomic E-state index is 12.9. The van der Waals surface area contributed by atoms with Crippen LogP contribution in [0.15, 0.2) is 66.7 Å². The predicted octanol–water partition coefficient (Wildman–Crippen LogP) is 5.33. The lowest BCUT2D eigenvalue weighted by Gasteiger charge is -2.22. The van der Waals surface area contributed by atoms with Crippen molar-refractivity contribution in [1.29, 1.82) is 0 Å². The van der Waals surface area contributed by atoms with E-state index in [1.807, 2.05) is 6.92 Å². The number of carbonyl (C=O) groups is 1. The summed E-state index contributed by atoms with van der Waals surface area (Å²) in [6, 6.07) is 18.3. The van der Waals surface area contributed by atoms with Crippen LogP contribution in [-0.2, 0) is 14.8 Å². The van der Waals surface area contributed by atoms with Gasteiger partial charge in [0.15, 0.2) is 17.2 Å². The van der Waals surface area contributed by atoms with Gasteiger partial charge in [-0.2, -0.15) is 0 Å². The van der Waals surface area contributed by atoms with Crippen molar-refractivity contribution in [2.24, 2.45) is 0 Å². The van der Waals surface area contributed by atoms with Gasteiger partial charge in [0, 0.05) is 5.02 Å². The van der Waals surface area contributed by atoms with Gasteiger partial charge in [0.2, 0.25) is 15.9 Å². The minimum atomic E-state index is -3.75. The summed E-state index contributed by atoms with van der Waals surface area (Å²) >= 11 is 6.14. The number of nitrogens with zero attached hydrogens (tertiary/aromatic N) is 1. The van der Waals surface area contributed by atoms with E-state index in [9.17, 15) is 13.2 Å². The Bertz CT molecular complexity index is 1270. The van der Waals surface area contributed by atoms with E-state index in [1.54, 1.807) is 60.7 Å². The highest BCUT2D eigenvalue weighted by Gasteiger charge is 2.22. The van der Waals surface area contributed by atoms with Gasteiger partial charge in [-0.1, -0.05) is 30.7 Å². The molecule has 0 aromatic heterocycles. The highest BCUT2D eigenvalue weighted by molar-refractivity contribution is 7.92. The fourth-order valence-corrected chi connectivity index (χ4v) is 4.19. The number of rotatable bonds is 11. The zero-order chi connectivity index (χ0) is 25.4. The third-order valence-corrected chi connectivity index (χ3v) is 6.17. The van der Waals surface area contributed by atoms with Crippen molar-refractivity contribution in [2.75, 3.05) is 36.1 Å². The zero-order valence-electron chi connectivity index (χ0n) is 19.7. The number of benzene rings is 3. The van der Waals surface area contributed by atoms with E-state index in [0.717, 1.165) is 17.0 Å². The van der Waals surface area contributed by atoms with Crippen LogP contribution in [0.3, 0.4) is 0 Å². The molecule has 0 heterocycles. The first-order valence-electron chi connectivity index (χ1n) is 10.8. The molecule has 0 saturated heterocycles. The van der Waals surface area contributed by atoms with Gasteiger partial charge in [-0.15, -0.1) is 0 Å². The number of sulfonamides is 1. The van der Waals surface area contributed by atoms with Crippen LogP contribution in [0.2, 0.25) is 5.02 Å². The molecule has 3 aromatic carbocycles. The highest BCUT2D eigenvalue weighted by atomic mass is 35.5. The summed E-state index contributed by atoms with van der Waals surface area (Å²) in [5.41, 5.74) is 0.619. The molecular weight excluding hydrogens is 492 g/mol. The van der Waals surface area contributed by atoms with Gasteiger partial charge in [-0.3, -0.25) is 9.10 Å². The molecule has 1 N–H and O–H groups in total. The third-order valence-electron chi connectivity index (χ3n) is 4.79. The molecule has 0 radical (unpaired) electrons. The summed E-state index contributed by atoms with van der Waals surface area (Å²) in [5, 5.41) is 3.07. The summed E-state index contributed by atoms with van der Waals surface area (Å²) in [6.07, 6.45) is 1.89. The Morgan fingerprint density at radius 3 is 2.31 bits per heavy atom. The van der Waals surface area contributed by atoms with Gasteiger partial charge < -0.3 is 19.5 Å². The normalized spacial score (nSPS) is 11.0. The summed E-state index contributed by atoms with van der Waals surface area (Å²) in [7, 11) is -2.23. The van der Waals surface area contributed by atoms with Crippen LogP contribution in [0, 0.1) is 0 Å². The second kappa shape index (κ2) is 11.8. The number of methoxy groups -OCH3 is 1. The molecule has 186 valence electrons. The van der Waals surface area contributed by atoms with Crippen molar-refractivity contribution in [3.05, 3.63) is 71.8 Å². The molecule has 35 heavy (non-hydrogen) atoms. The molecule has 0 spiro atoms. The van der Waals surface area contributed by atoms with Gasteiger partial charge in [-0.25, -0.2) is 8.42 Å². The molecule has 0 bridgehead atoms. The van der Waals surface area contributed by atoms with Crippen molar-refractivity contribution in [3.63, 3.8) is 0 Å². The molecule has 0 aliphatic carbocycles. The van der Waals surface area contributed by atoms with Crippen molar-refractivity contribution in [1.82, 2.24) is 0 Å². The molecule has 3 aromatic rings. The first-order valence-corrected chi connectivity index (χ1v) is 13.0. The Labute approximate surface area is 210 Å². The second-order valence-electron chi connectivity index (χ2n) is 7.55. The van der Waals surface area contributed by atoms with Crippen LogP contribution in [-0.4, -0.2) is 40.8 Å². The highest BCUT2D eigenvalue weighted by Crippen LogP contribution is 2.36. The number of halogens is 1. The Kier molecular flexibility index (Phi) is 8.84. The van der Waals surface area contributed by atoms with Crippen LogP contribution in [0.1, 0.15) is 13.3 Å². The molecule has 0 aliphatic heterocycles. The predicted molar refractivity (Wildman–Crippen MR) is 138 cm³/mol. The lowest BCUT2D eigenvalue weighted by atomic mass is 10.2. The van der Waals surface area contributed by atoms with Crippen LogP contribution in [0.25, 0.3) is 0 Å². The van der Waals surface area contributed by atoms with Crippen molar-refractivity contribution in [3.8, 4) is 23.0 Å². The van der Waals surface area contributed by atoms with Crippen molar-refractivity contribution < 1.29 is 27.4 Å². The third kappa shape index (κ3) is 7.27. The molecular formula is C25H27ClN2O6S. The van der Waals surface area contributed by atoms with Gasteiger partial charge in [0.05, 0.1) is 31.3 Å². The number of amides is 1. The molecule has 0 saturated carbocycles. The van der Waals surface area contributed by atoms with Crippen LogP contribution < -0.4 is 23.8 Å². The van der Waals surface area contributed by atoms with Crippen LogP contribution in [0.5, 0.6) is 23.0 Å². The quantitative estimate of drug-likeness (QED) is 0.368. The van der Waals surface area contributed by atoms with Crippen LogP contribution in [0.4, 0.5) is 11.4 Å². The number of carbonyl (C=O) groups excluding carboxylic acids is 1. The van der Waals surface area contributed by atoms with Crippen molar-refractivity contribution in [2.45, 2.75) is 13.3 Å². The standard InChI is InChI=1S/C25H27ClN2O6S/c1-4-15-33-20-12-10-19(11-13-20)28(35(3,30)31)17-25(29)27-21-16-18(26)9-14-22(21)34-24-8-6-5-7-23(24)32-2/h5-14,16H,4,15,17H2,1-3H3,(H,27,29). The summed E-state index contributed by atoms with van der Waals surface area (Å²) < 4.78 is 42.7. The van der Waals surface area contributed by atoms with Crippen LogP contribution >= 0.6 is 11.6 Å². The van der Waals surface area contributed by atoms with Gasteiger partial charge in [0.1, 0.15) is 12.3 Å². The van der Waals surface area contributed by atoms with E-state index < -0.39 is 22.5 Å². The number of hydrogen-bond acceptors (Lipinski definition) is 6. The fraction of sp³-hybridized carbons (Fsp3) is 0.240. The molecule has 10 heteroatoms. The van der Waals surface area contributed by atoms with Gasteiger partial charge >= 0.3 is 0 Å². The maximum absolute atomic E-state index is 12.9. The Morgan fingerprint density at radius 2 is 1.69 bits per heavy atom. The number of nitrogens with one attached hydrogen (secondary N) is 1. The lowest BCUT2D eigenvalue weighted by Crippen LogP contribution is -2.37. The lowest BCUT2D eigenvalue weighted by molar-refractivity contribution is -0.114. The minimum absolute atomic E-state index is 0.283. The molecule has 1 amide bonds. The average molecular weight is 519 g/mol. The maximum Gasteiger partial charge on any atom is 0.245 e. The number of anilines is 2. The van der Waals surface area contributed by atoms with Gasteiger partial charge in [0.25, 0.3) is 0 Å². The van der Waals surface area contributed by atoms with E-state index in [0.29, 0.717) is 40.3 Å². The van der Waals surface area contributed by atoms with E-state index >= 15 is 0 Å². The first kappa shape index (κ1) is 26.2. The molecule has 3 rings (SSSR count). The molecule has 0 unspecified atom stereocenters. The number of hydrogen-bond donors (Lipinski definition) is 1. The smallest absolute Gasteiger partial charge is 0.245 e. The summed E-state index contributed by atoms with van der Waals surface area (Å²) in [4.78, 5) is 12.9. The Hall–Kier alpha value is -3.43. The molecule has 8 nitrogen and oxygen atoms in total. The van der Waals surface area contributed by atoms with Crippen molar-refractivity contribution >= 4 is 38.9 Å². The topological polar surface area (TPSA) is 94.2 Å². The Morgan fingerprint density at radius 1 is 1.00 bits per heavy atom. The largest absolute Gasteiger partial charge is 0.494 e. The first-order chi connectivity index (χ1) is 16.7. The van der Waals surface area contributed by atoms with E-state index in [4.69, 9.17) is 25.8 Å². The van der Waals surface area contributed by atoms with Gasteiger partial charge in [-0.05, 0) is 61.0 Å². The SMILES string of the molecule is CCCOc1ccc(N(CC(=O)Nc2cc(Cl)ccc2Oc2ccccc2OC)S(C)(=O)=O)cc1. The zero-order valence-corrected chi connectivity index (χ0v) is 21.2. The molecule has 0 atom stereocenters. The monoisotopic (exact) mass is 518 g/mol. The average Bonchev–Trinajstić information content (AvgIpc) is 2.83. The fourth-order valence-electron chi connectivity index (χ4n) is 3.16. The number of para-hydroxylation sites is 2. The molecule has 0 fully saturated rings. The van der Waals surface area contributed by atoms with E-state index in [-0.39, 0.29) is 5.69 Å².